The van der Waals surface area contributed by atoms with E-state index in [4.69, 9.17) is 5.73 Å². The second-order valence-corrected chi connectivity index (χ2v) is 5.24. The normalized spacial score (nSPS) is 19.0. The molecule has 0 aromatic carbocycles. The molecule has 0 bridgehead atoms. The topological polar surface area (TPSA) is 84.1 Å². The standard InChI is InChI=1S/C14H23N5O/c1-9-10(2)17-18-13(11(9)8-15)19-7-5-4-6-12(19)14(20)16-3/h12H,4-8,15H2,1-3H3,(H,16,20). The van der Waals surface area contributed by atoms with Crippen molar-refractivity contribution < 1.29 is 4.79 Å². The van der Waals surface area contributed by atoms with Gasteiger partial charge in [-0.3, -0.25) is 4.79 Å². The summed E-state index contributed by atoms with van der Waals surface area (Å²) in [4.78, 5) is 14.1. The van der Waals surface area contributed by atoms with Crippen LogP contribution in [0.3, 0.4) is 0 Å². The molecular weight excluding hydrogens is 254 g/mol. The van der Waals surface area contributed by atoms with Crippen molar-refractivity contribution in [3.63, 3.8) is 0 Å². The van der Waals surface area contributed by atoms with Gasteiger partial charge in [0.15, 0.2) is 5.82 Å². The summed E-state index contributed by atoms with van der Waals surface area (Å²) in [7, 11) is 1.67. The highest BCUT2D eigenvalue weighted by atomic mass is 16.2. The van der Waals surface area contributed by atoms with Gasteiger partial charge >= 0.3 is 0 Å². The van der Waals surface area contributed by atoms with E-state index in [1.165, 1.54) is 0 Å². The number of carbonyl (C=O) groups excluding carboxylic acids is 1. The van der Waals surface area contributed by atoms with E-state index in [2.05, 4.69) is 20.4 Å². The quantitative estimate of drug-likeness (QED) is 0.848. The molecule has 6 heteroatoms. The molecule has 3 N–H and O–H groups in total. The van der Waals surface area contributed by atoms with Crippen LogP contribution in [-0.4, -0.2) is 35.7 Å². The Morgan fingerprint density at radius 3 is 2.80 bits per heavy atom. The Kier molecular flexibility index (Phi) is 4.54. The summed E-state index contributed by atoms with van der Waals surface area (Å²) in [5.74, 6) is 0.802. The maximum absolute atomic E-state index is 12.1. The number of likely N-dealkylation sites (N-methyl/N-ethyl adjacent to an activating group) is 1. The third kappa shape index (κ3) is 2.60. The summed E-state index contributed by atoms with van der Waals surface area (Å²) in [6.07, 6.45) is 2.97. The highest BCUT2D eigenvalue weighted by Crippen LogP contribution is 2.28. The Bertz CT molecular complexity index is 503. The van der Waals surface area contributed by atoms with Crippen LogP contribution in [0.2, 0.25) is 0 Å². The van der Waals surface area contributed by atoms with Crippen molar-refractivity contribution in [2.24, 2.45) is 5.73 Å². The number of aryl methyl sites for hydroxylation is 1. The lowest BCUT2D eigenvalue weighted by Gasteiger charge is -2.36. The van der Waals surface area contributed by atoms with Crippen LogP contribution in [0.25, 0.3) is 0 Å². The first-order valence-electron chi connectivity index (χ1n) is 7.11. The highest BCUT2D eigenvalue weighted by Gasteiger charge is 2.31. The largest absolute Gasteiger partial charge is 0.357 e. The molecule has 1 unspecified atom stereocenters. The minimum absolute atomic E-state index is 0.0349. The summed E-state index contributed by atoms with van der Waals surface area (Å²) < 4.78 is 0. The molecule has 1 amide bonds. The van der Waals surface area contributed by atoms with E-state index in [0.29, 0.717) is 6.54 Å². The van der Waals surface area contributed by atoms with Crippen molar-refractivity contribution in [2.75, 3.05) is 18.5 Å². The summed E-state index contributed by atoms with van der Waals surface area (Å²) in [5, 5.41) is 11.3. The predicted molar refractivity (Wildman–Crippen MR) is 78.4 cm³/mol. The maximum atomic E-state index is 12.1. The van der Waals surface area contributed by atoms with Gasteiger partial charge in [0, 0.05) is 25.7 Å². The second kappa shape index (κ2) is 6.17. The van der Waals surface area contributed by atoms with Crippen LogP contribution >= 0.6 is 0 Å². The molecule has 2 rings (SSSR count). The molecular formula is C14H23N5O. The Morgan fingerprint density at radius 1 is 1.40 bits per heavy atom. The average Bonchev–Trinajstić information content (AvgIpc) is 2.49. The van der Waals surface area contributed by atoms with Gasteiger partial charge in [0.25, 0.3) is 0 Å². The van der Waals surface area contributed by atoms with Crippen LogP contribution in [0, 0.1) is 13.8 Å². The van der Waals surface area contributed by atoms with Crippen molar-refractivity contribution >= 4 is 11.7 Å². The van der Waals surface area contributed by atoms with Crippen molar-refractivity contribution in [3.8, 4) is 0 Å². The Hall–Kier alpha value is -1.69. The molecule has 1 atom stereocenters. The average molecular weight is 277 g/mol. The zero-order valence-electron chi connectivity index (χ0n) is 12.4. The molecule has 1 aromatic heterocycles. The van der Waals surface area contributed by atoms with Crippen LogP contribution in [0.4, 0.5) is 5.82 Å². The molecule has 2 heterocycles. The van der Waals surface area contributed by atoms with Crippen molar-refractivity contribution in [2.45, 2.75) is 45.7 Å². The number of nitrogens with one attached hydrogen (secondary N) is 1. The van der Waals surface area contributed by atoms with Gasteiger partial charge in [-0.05, 0) is 38.7 Å². The summed E-state index contributed by atoms with van der Waals surface area (Å²) in [6.45, 7) is 5.17. The number of nitrogens with two attached hydrogens (primary N) is 1. The molecule has 1 fully saturated rings. The lowest BCUT2D eigenvalue weighted by atomic mass is 9.99. The van der Waals surface area contributed by atoms with Gasteiger partial charge < -0.3 is 16.0 Å². The van der Waals surface area contributed by atoms with Crippen molar-refractivity contribution in [3.05, 3.63) is 16.8 Å². The monoisotopic (exact) mass is 277 g/mol. The van der Waals surface area contributed by atoms with Gasteiger partial charge in [0.05, 0.1) is 5.69 Å². The van der Waals surface area contributed by atoms with Gasteiger partial charge in [-0.15, -0.1) is 5.10 Å². The van der Waals surface area contributed by atoms with E-state index >= 15 is 0 Å². The minimum atomic E-state index is -0.171. The fourth-order valence-electron chi connectivity index (χ4n) is 2.74. The number of hydrogen-bond acceptors (Lipinski definition) is 5. The van der Waals surface area contributed by atoms with E-state index in [1.807, 2.05) is 13.8 Å². The van der Waals surface area contributed by atoms with Crippen molar-refractivity contribution in [1.29, 1.82) is 0 Å². The third-order valence-corrected chi connectivity index (χ3v) is 4.09. The van der Waals surface area contributed by atoms with Crippen LogP contribution in [-0.2, 0) is 11.3 Å². The van der Waals surface area contributed by atoms with Gasteiger partial charge in [-0.1, -0.05) is 0 Å². The summed E-state index contributed by atoms with van der Waals surface area (Å²) in [5.41, 5.74) is 8.84. The first-order chi connectivity index (χ1) is 9.60. The van der Waals surface area contributed by atoms with E-state index < -0.39 is 0 Å². The molecule has 0 spiro atoms. The highest BCUT2D eigenvalue weighted by molar-refractivity contribution is 5.85. The van der Waals surface area contributed by atoms with Gasteiger partial charge in [-0.25, -0.2) is 0 Å². The van der Waals surface area contributed by atoms with Crippen LogP contribution in [0.1, 0.15) is 36.1 Å². The molecule has 110 valence electrons. The second-order valence-electron chi connectivity index (χ2n) is 5.24. The SMILES string of the molecule is CNC(=O)C1CCCCN1c1nnc(C)c(C)c1CN. The zero-order valence-corrected chi connectivity index (χ0v) is 12.4. The lowest BCUT2D eigenvalue weighted by molar-refractivity contribution is -0.122. The molecule has 1 aliphatic rings. The van der Waals surface area contributed by atoms with Crippen LogP contribution in [0.15, 0.2) is 0 Å². The Morgan fingerprint density at radius 2 is 2.15 bits per heavy atom. The molecule has 20 heavy (non-hydrogen) atoms. The van der Waals surface area contributed by atoms with Gasteiger partial charge in [-0.2, -0.15) is 5.10 Å². The first kappa shape index (κ1) is 14.7. The number of amides is 1. The molecule has 0 saturated carbocycles. The molecule has 1 aromatic rings. The first-order valence-corrected chi connectivity index (χ1v) is 7.11. The number of nitrogens with zero attached hydrogens (tertiary/aromatic N) is 3. The van der Waals surface area contributed by atoms with Crippen LogP contribution < -0.4 is 16.0 Å². The maximum Gasteiger partial charge on any atom is 0.242 e. The van der Waals surface area contributed by atoms with E-state index in [0.717, 1.165) is 48.4 Å². The molecule has 1 saturated heterocycles. The van der Waals surface area contributed by atoms with Gasteiger partial charge in [0.1, 0.15) is 6.04 Å². The van der Waals surface area contributed by atoms with E-state index in [9.17, 15) is 4.79 Å². The Balaban J connectivity index is 2.42. The van der Waals surface area contributed by atoms with Crippen molar-refractivity contribution in [1.82, 2.24) is 15.5 Å². The lowest BCUT2D eigenvalue weighted by Crippen LogP contribution is -2.49. The number of anilines is 1. The number of rotatable bonds is 3. The zero-order chi connectivity index (χ0) is 14.7. The van der Waals surface area contributed by atoms with E-state index in [-0.39, 0.29) is 11.9 Å². The van der Waals surface area contributed by atoms with Crippen LogP contribution in [0.5, 0.6) is 0 Å². The van der Waals surface area contributed by atoms with Gasteiger partial charge in [0.2, 0.25) is 5.91 Å². The summed E-state index contributed by atoms with van der Waals surface area (Å²) in [6, 6.07) is -0.171. The minimum Gasteiger partial charge on any atom is -0.357 e. The fourth-order valence-corrected chi connectivity index (χ4v) is 2.74. The molecule has 0 radical (unpaired) electrons. The predicted octanol–water partition coefficient (Wildman–Crippen LogP) is 0.657. The number of aromatic nitrogens is 2. The third-order valence-electron chi connectivity index (χ3n) is 4.09. The molecule has 1 aliphatic heterocycles. The molecule has 6 nitrogen and oxygen atoms in total. The molecule has 0 aliphatic carbocycles. The fraction of sp³-hybridized carbons (Fsp3) is 0.643. The number of hydrogen-bond donors (Lipinski definition) is 2. The number of piperidine rings is 1. The van der Waals surface area contributed by atoms with E-state index in [1.54, 1.807) is 7.05 Å². The Labute approximate surface area is 119 Å². The summed E-state index contributed by atoms with van der Waals surface area (Å²) >= 11 is 0. The number of carbonyl (C=O) groups is 1. The smallest absolute Gasteiger partial charge is 0.242 e.